The van der Waals surface area contributed by atoms with E-state index in [4.69, 9.17) is 16.3 Å². The Morgan fingerprint density at radius 3 is 2.81 bits per heavy atom. The Morgan fingerprint density at radius 2 is 2.03 bits per heavy atom. The molecule has 1 aliphatic rings. The number of rotatable bonds is 3. The monoisotopic (exact) mass is 442 g/mol. The van der Waals surface area contributed by atoms with Gasteiger partial charge in [-0.15, -0.1) is 0 Å². The Bertz CT molecular complexity index is 1140. The van der Waals surface area contributed by atoms with Crippen LogP contribution in [0.1, 0.15) is 33.6 Å². The zero-order valence-electron chi connectivity index (χ0n) is 17.5. The van der Waals surface area contributed by atoms with Gasteiger partial charge >= 0.3 is 6.09 Å². The summed E-state index contributed by atoms with van der Waals surface area (Å²) in [7, 11) is 0. The molecule has 31 heavy (non-hydrogen) atoms. The quantitative estimate of drug-likeness (QED) is 0.623. The van der Waals surface area contributed by atoms with Gasteiger partial charge in [-0.05, 0) is 45.7 Å². The minimum absolute atomic E-state index is 0.223. The Labute approximate surface area is 184 Å². The fraction of sp³-hybridized carbons (Fsp3) is 0.381. The highest BCUT2D eigenvalue weighted by molar-refractivity contribution is 6.30. The van der Waals surface area contributed by atoms with E-state index in [1.54, 1.807) is 60.9 Å². The molecule has 4 heterocycles. The van der Waals surface area contributed by atoms with Crippen molar-refractivity contribution < 1.29 is 14.3 Å². The van der Waals surface area contributed by atoms with Gasteiger partial charge in [0.15, 0.2) is 5.82 Å². The first-order valence-corrected chi connectivity index (χ1v) is 10.4. The van der Waals surface area contributed by atoms with E-state index in [9.17, 15) is 9.59 Å². The molecule has 3 aromatic rings. The van der Waals surface area contributed by atoms with Gasteiger partial charge in [0, 0.05) is 24.2 Å². The average Bonchev–Trinajstić information content (AvgIpc) is 3.11. The van der Waals surface area contributed by atoms with Gasteiger partial charge in [-0.25, -0.2) is 19.4 Å². The van der Waals surface area contributed by atoms with E-state index >= 15 is 0 Å². The van der Waals surface area contributed by atoms with Crippen LogP contribution in [0.5, 0.6) is 0 Å². The molecule has 0 radical (unpaired) electrons. The molecule has 0 aromatic carbocycles. The first-order chi connectivity index (χ1) is 14.7. The third kappa shape index (κ3) is 4.61. The first kappa shape index (κ1) is 21.0. The Kier molecular flexibility index (Phi) is 5.53. The zero-order valence-corrected chi connectivity index (χ0v) is 18.3. The van der Waals surface area contributed by atoms with Crippen LogP contribution in [0.4, 0.5) is 10.6 Å². The second-order valence-electron chi connectivity index (χ2n) is 8.31. The summed E-state index contributed by atoms with van der Waals surface area (Å²) >= 11 is 6.03. The smallest absolute Gasteiger partial charge is 0.408 e. The molecule has 1 saturated heterocycles. The number of aromatic nitrogens is 4. The number of amides is 2. The number of fused-ring (bicyclic) bond motifs is 1. The third-order valence-corrected chi connectivity index (χ3v) is 4.97. The Balaban J connectivity index is 1.57. The molecule has 162 valence electrons. The lowest BCUT2D eigenvalue weighted by Crippen LogP contribution is -2.53. The summed E-state index contributed by atoms with van der Waals surface area (Å²) < 4.78 is 6.93. The number of piperidine rings is 1. The van der Waals surface area contributed by atoms with Crippen LogP contribution in [0.25, 0.3) is 16.7 Å². The number of carbonyl (C=O) groups excluding carboxylic acids is 2. The molecule has 4 rings (SSSR count). The largest absolute Gasteiger partial charge is 0.444 e. The number of hydrogen-bond acceptors (Lipinski definition) is 6. The molecular weight excluding hydrogens is 420 g/mol. The number of hydrogen-bond donors (Lipinski definition) is 1. The van der Waals surface area contributed by atoms with E-state index in [0.29, 0.717) is 29.8 Å². The van der Waals surface area contributed by atoms with Crippen LogP contribution in [-0.2, 0) is 9.53 Å². The number of halogens is 1. The summed E-state index contributed by atoms with van der Waals surface area (Å²) in [5, 5.41) is 8.24. The average molecular weight is 443 g/mol. The number of nitrogens with one attached hydrogen (secondary N) is 1. The van der Waals surface area contributed by atoms with E-state index in [1.807, 2.05) is 6.07 Å². The lowest BCUT2D eigenvalue weighted by molar-refractivity contribution is -0.121. The molecule has 0 bridgehead atoms. The second-order valence-corrected chi connectivity index (χ2v) is 8.69. The van der Waals surface area contributed by atoms with Crippen molar-refractivity contribution in [1.29, 1.82) is 0 Å². The predicted molar refractivity (Wildman–Crippen MR) is 116 cm³/mol. The van der Waals surface area contributed by atoms with E-state index in [1.165, 1.54) is 0 Å². The van der Waals surface area contributed by atoms with Crippen molar-refractivity contribution >= 4 is 40.3 Å². The Morgan fingerprint density at radius 1 is 1.26 bits per heavy atom. The highest BCUT2D eigenvalue weighted by atomic mass is 35.5. The van der Waals surface area contributed by atoms with Gasteiger partial charge in [0.25, 0.3) is 5.91 Å². The highest BCUT2D eigenvalue weighted by Crippen LogP contribution is 2.23. The van der Waals surface area contributed by atoms with Gasteiger partial charge in [-0.3, -0.25) is 9.69 Å². The molecule has 1 N–H and O–H groups in total. The number of alkyl carbamates (subject to hydrolysis) is 1. The van der Waals surface area contributed by atoms with Crippen molar-refractivity contribution in [3.8, 4) is 5.82 Å². The molecule has 9 nitrogen and oxygen atoms in total. The number of pyridine rings is 2. The fourth-order valence-electron chi connectivity index (χ4n) is 3.45. The maximum atomic E-state index is 13.0. The molecule has 0 aliphatic carbocycles. The van der Waals surface area contributed by atoms with Crippen molar-refractivity contribution in [2.45, 2.75) is 45.3 Å². The molecule has 1 unspecified atom stereocenters. The molecule has 0 spiro atoms. The topological polar surface area (TPSA) is 102 Å². The van der Waals surface area contributed by atoms with Crippen molar-refractivity contribution in [2.24, 2.45) is 0 Å². The number of nitrogens with zero attached hydrogens (tertiary/aromatic N) is 5. The van der Waals surface area contributed by atoms with Crippen LogP contribution in [0.2, 0.25) is 5.15 Å². The molecule has 1 fully saturated rings. The molecule has 2 amide bonds. The molecule has 10 heteroatoms. The van der Waals surface area contributed by atoms with Crippen LogP contribution >= 0.6 is 11.6 Å². The minimum atomic E-state index is -0.663. The fourth-order valence-corrected chi connectivity index (χ4v) is 3.60. The molecule has 3 aromatic heterocycles. The van der Waals surface area contributed by atoms with Gasteiger partial charge in [0.1, 0.15) is 22.6 Å². The van der Waals surface area contributed by atoms with E-state index < -0.39 is 17.7 Å². The minimum Gasteiger partial charge on any atom is -0.444 e. The summed E-state index contributed by atoms with van der Waals surface area (Å²) in [5.74, 6) is 0.811. The van der Waals surface area contributed by atoms with Crippen molar-refractivity contribution in [3.63, 3.8) is 0 Å². The number of anilines is 1. The number of ether oxygens (including phenoxy) is 1. The van der Waals surface area contributed by atoms with Gasteiger partial charge < -0.3 is 10.1 Å². The second kappa shape index (κ2) is 8.14. The van der Waals surface area contributed by atoms with Crippen molar-refractivity contribution in [3.05, 3.63) is 41.8 Å². The summed E-state index contributed by atoms with van der Waals surface area (Å²) in [6, 6.07) is 6.42. The van der Waals surface area contributed by atoms with Crippen LogP contribution in [0.15, 0.2) is 36.7 Å². The van der Waals surface area contributed by atoms with Gasteiger partial charge in [0.2, 0.25) is 0 Å². The lowest BCUT2D eigenvalue weighted by Gasteiger charge is -2.32. The van der Waals surface area contributed by atoms with Crippen molar-refractivity contribution in [1.82, 2.24) is 25.1 Å². The van der Waals surface area contributed by atoms with Crippen LogP contribution < -0.4 is 10.2 Å². The van der Waals surface area contributed by atoms with E-state index in [0.717, 1.165) is 17.3 Å². The summed E-state index contributed by atoms with van der Waals surface area (Å²) in [5.41, 5.74) is 0.126. The standard InChI is InChI=1S/C21H23ClN6O3/c1-21(2,3)31-20(30)25-14-6-5-9-27(19(14)29)17-7-4-8-18(26-17)28-15-10-16(22)23-11-13(15)12-24-28/h4,7-8,10-12,14H,5-6,9H2,1-3H3,(H,25,30). The van der Waals surface area contributed by atoms with E-state index in [2.05, 4.69) is 20.4 Å². The van der Waals surface area contributed by atoms with Gasteiger partial charge in [-0.1, -0.05) is 17.7 Å². The molecule has 1 aliphatic heterocycles. The van der Waals surface area contributed by atoms with Gasteiger partial charge in [0.05, 0.1) is 11.7 Å². The third-order valence-electron chi connectivity index (χ3n) is 4.76. The normalized spacial score (nSPS) is 17.1. The first-order valence-electron chi connectivity index (χ1n) is 9.99. The lowest BCUT2D eigenvalue weighted by atomic mass is 10.0. The summed E-state index contributed by atoms with van der Waals surface area (Å²) in [4.78, 5) is 35.5. The summed E-state index contributed by atoms with van der Waals surface area (Å²) in [6.45, 7) is 5.84. The number of carbonyl (C=O) groups is 2. The SMILES string of the molecule is CC(C)(C)OC(=O)NC1CCCN(c2cccc(-n3ncc4cnc(Cl)cc43)n2)C1=O. The Hall–Kier alpha value is -3.20. The maximum absolute atomic E-state index is 13.0. The van der Waals surface area contributed by atoms with Gasteiger partial charge in [-0.2, -0.15) is 5.10 Å². The predicted octanol–water partition coefficient (Wildman–Crippen LogP) is 3.49. The van der Waals surface area contributed by atoms with Crippen molar-refractivity contribution in [2.75, 3.05) is 11.4 Å². The highest BCUT2D eigenvalue weighted by Gasteiger charge is 2.32. The molecule has 1 atom stereocenters. The summed E-state index contributed by atoms with van der Waals surface area (Å²) in [6.07, 6.45) is 3.99. The zero-order chi connectivity index (χ0) is 22.2. The molecule has 0 saturated carbocycles. The maximum Gasteiger partial charge on any atom is 0.408 e. The van der Waals surface area contributed by atoms with Crippen LogP contribution in [0.3, 0.4) is 0 Å². The van der Waals surface area contributed by atoms with Crippen LogP contribution in [-0.4, -0.2) is 49.9 Å². The molecular formula is C21H23ClN6O3. The van der Waals surface area contributed by atoms with E-state index in [-0.39, 0.29) is 5.91 Å². The van der Waals surface area contributed by atoms with Crippen LogP contribution in [0, 0.1) is 0 Å².